The normalized spacial score (nSPS) is 10.6. The van der Waals surface area contributed by atoms with Gasteiger partial charge in [-0.1, -0.05) is 53.2 Å². The lowest BCUT2D eigenvalue weighted by atomic mass is 10.0. The van der Waals surface area contributed by atoms with Gasteiger partial charge in [0.05, 0.1) is 5.33 Å². The van der Waals surface area contributed by atoms with Crippen LogP contribution in [0.2, 0.25) is 0 Å². The number of hydrogen-bond acceptors (Lipinski definition) is 2. The van der Waals surface area contributed by atoms with Gasteiger partial charge in [0.25, 0.3) is 0 Å². The van der Waals surface area contributed by atoms with Gasteiger partial charge in [-0.15, -0.1) is 0 Å². The zero-order valence-electron chi connectivity index (χ0n) is 10.8. The van der Waals surface area contributed by atoms with Crippen LogP contribution in [0.25, 0.3) is 10.8 Å². The van der Waals surface area contributed by atoms with E-state index in [1.54, 1.807) is 0 Å². The molecule has 2 rings (SSSR count). The molecular weight excluding hydrogens is 322 g/mol. The first kappa shape index (κ1) is 14.4. The van der Waals surface area contributed by atoms with E-state index in [0.29, 0.717) is 5.33 Å². The Balaban J connectivity index is 2.42. The minimum Gasteiger partial charge on any atom is -0.325 e. The smallest absolute Gasteiger partial charge is 0.235 e. The van der Waals surface area contributed by atoms with Crippen LogP contribution in [0.15, 0.2) is 36.4 Å². The van der Waals surface area contributed by atoms with Gasteiger partial charge in [0.1, 0.15) is 0 Å². The van der Waals surface area contributed by atoms with Crippen molar-refractivity contribution in [3.8, 4) is 0 Å². The average molecular weight is 338 g/mol. The van der Waals surface area contributed by atoms with E-state index in [0.717, 1.165) is 22.6 Å². The zero-order chi connectivity index (χ0) is 13.7. The van der Waals surface area contributed by atoms with Crippen LogP contribution < -0.4 is 5.32 Å². The molecule has 1 amide bonds. The maximum Gasteiger partial charge on any atom is 0.235 e. The summed E-state index contributed by atoms with van der Waals surface area (Å²) in [6.45, 7) is 2.16. The van der Waals surface area contributed by atoms with Crippen LogP contribution in [-0.2, 0) is 10.5 Å². The molecule has 0 heterocycles. The van der Waals surface area contributed by atoms with Crippen molar-refractivity contribution in [2.45, 2.75) is 12.7 Å². The first-order chi connectivity index (χ1) is 9.26. The van der Waals surface area contributed by atoms with Crippen LogP contribution in [-0.4, -0.2) is 17.0 Å². The van der Waals surface area contributed by atoms with Gasteiger partial charge in [0.15, 0.2) is 0 Å². The van der Waals surface area contributed by atoms with Gasteiger partial charge < -0.3 is 5.32 Å². The standard InChI is InChI=1S/C15H16BrNOS/c1-2-19-10-11-5-3-7-13-12(11)6-4-8-14(13)17-15(18)9-16/h3-8H,2,9-10H2,1H3,(H,17,18). The monoisotopic (exact) mass is 337 g/mol. The summed E-state index contributed by atoms with van der Waals surface area (Å²) >= 11 is 5.08. The van der Waals surface area contributed by atoms with Gasteiger partial charge in [-0.25, -0.2) is 0 Å². The number of thioether (sulfide) groups is 1. The van der Waals surface area contributed by atoms with Gasteiger partial charge in [-0.3, -0.25) is 4.79 Å². The quantitative estimate of drug-likeness (QED) is 0.818. The first-order valence-corrected chi connectivity index (χ1v) is 8.48. The van der Waals surface area contributed by atoms with E-state index in [9.17, 15) is 4.79 Å². The topological polar surface area (TPSA) is 29.1 Å². The molecule has 0 spiro atoms. The van der Waals surface area contributed by atoms with E-state index >= 15 is 0 Å². The summed E-state index contributed by atoms with van der Waals surface area (Å²) in [7, 11) is 0. The Hall–Kier alpha value is -1.00. The molecule has 0 aliphatic rings. The van der Waals surface area contributed by atoms with E-state index in [4.69, 9.17) is 0 Å². The Bertz CT molecular complexity index is 585. The molecule has 0 unspecified atom stereocenters. The van der Waals surface area contributed by atoms with E-state index in [1.807, 2.05) is 23.9 Å². The van der Waals surface area contributed by atoms with Crippen LogP contribution in [0.1, 0.15) is 12.5 Å². The van der Waals surface area contributed by atoms with Crippen molar-refractivity contribution in [2.75, 3.05) is 16.4 Å². The van der Waals surface area contributed by atoms with Crippen LogP contribution in [0.3, 0.4) is 0 Å². The molecule has 4 heteroatoms. The molecule has 2 aromatic rings. The Labute approximate surface area is 126 Å². The molecule has 2 aromatic carbocycles. The van der Waals surface area contributed by atoms with Crippen molar-refractivity contribution in [3.05, 3.63) is 42.0 Å². The van der Waals surface area contributed by atoms with Crippen molar-refractivity contribution in [3.63, 3.8) is 0 Å². The number of carbonyl (C=O) groups excluding carboxylic acids is 1. The third kappa shape index (κ3) is 3.51. The van der Waals surface area contributed by atoms with E-state index in [2.05, 4.69) is 52.4 Å². The Morgan fingerprint density at radius 2 is 1.95 bits per heavy atom. The van der Waals surface area contributed by atoms with E-state index in [1.165, 1.54) is 10.9 Å². The fourth-order valence-electron chi connectivity index (χ4n) is 2.01. The lowest BCUT2D eigenvalue weighted by molar-refractivity contribution is -0.113. The largest absolute Gasteiger partial charge is 0.325 e. The van der Waals surface area contributed by atoms with Crippen molar-refractivity contribution in [1.29, 1.82) is 0 Å². The van der Waals surface area contributed by atoms with Crippen LogP contribution in [0.5, 0.6) is 0 Å². The number of amides is 1. The summed E-state index contributed by atoms with van der Waals surface area (Å²) in [6.07, 6.45) is 0. The fourth-order valence-corrected chi connectivity index (χ4v) is 2.82. The molecule has 0 atom stereocenters. The number of benzene rings is 2. The third-order valence-corrected chi connectivity index (χ3v) is 4.30. The molecule has 2 nitrogen and oxygen atoms in total. The number of hydrogen-bond donors (Lipinski definition) is 1. The maximum atomic E-state index is 11.5. The number of anilines is 1. The molecular formula is C15H16BrNOS. The van der Waals surface area contributed by atoms with Gasteiger partial charge in [-0.05, 0) is 22.8 Å². The van der Waals surface area contributed by atoms with Crippen LogP contribution in [0, 0.1) is 0 Å². The summed E-state index contributed by atoms with van der Waals surface area (Å²) < 4.78 is 0. The second kappa shape index (κ2) is 6.96. The fraction of sp³-hybridized carbons (Fsp3) is 0.267. The third-order valence-electron chi connectivity index (χ3n) is 2.87. The molecule has 0 aliphatic carbocycles. The minimum atomic E-state index is -0.0270. The minimum absolute atomic E-state index is 0.0270. The number of alkyl halides is 1. The molecule has 0 aliphatic heterocycles. The van der Waals surface area contributed by atoms with Crippen molar-refractivity contribution >= 4 is 50.1 Å². The summed E-state index contributed by atoms with van der Waals surface area (Å²) in [6, 6.07) is 12.3. The Morgan fingerprint density at radius 1 is 1.21 bits per heavy atom. The number of carbonyl (C=O) groups is 1. The summed E-state index contributed by atoms with van der Waals surface area (Å²) in [5, 5.41) is 5.56. The van der Waals surface area contributed by atoms with Gasteiger partial charge in [-0.2, -0.15) is 11.8 Å². The Kier molecular flexibility index (Phi) is 5.28. The highest BCUT2D eigenvalue weighted by Gasteiger charge is 2.07. The molecule has 0 fully saturated rings. The molecule has 0 bridgehead atoms. The predicted octanol–water partition coefficient (Wildman–Crippen LogP) is 4.43. The SMILES string of the molecule is CCSCc1cccc2c(NC(=O)CBr)cccc12. The predicted molar refractivity (Wildman–Crippen MR) is 88.2 cm³/mol. The summed E-state index contributed by atoms with van der Waals surface area (Å²) in [5.41, 5.74) is 2.20. The number of rotatable bonds is 5. The molecule has 19 heavy (non-hydrogen) atoms. The second-order valence-electron chi connectivity index (χ2n) is 4.14. The van der Waals surface area contributed by atoms with Crippen molar-refractivity contribution in [2.24, 2.45) is 0 Å². The number of halogens is 1. The molecule has 0 aromatic heterocycles. The summed E-state index contributed by atoms with van der Waals surface area (Å²) in [4.78, 5) is 11.5. The highest BCUT2D eigenvalue weighted by Crippen LogP contribution is 2.28. The number of nitrogens with one attached hydrogen (secondary N) is 1. The van der Waals surface area contributed by atoms with Gasteiger partial charge >= 0.3 is 0 Å². The molecule has 1 N–H and O–H groups in total. The van der Waals surface area contributed by atoms with Crippen molar-refractivity contribution in [1.82, 2.24) is 0 Å². The average Bonchev–Trinajstić information content (AvgIpc) is 2.45. The van der Waals surface area contributed by atoms with Gasteiger partial charge in [0.2, 0.25) is 5.91 Å². The number of fused-ring (bicyclic) bond motifs is 1. The lowest BCUT2D eigenvalue weighted by Gasteiger charge is -2.11. The molecule has 0 saturated carbocycles. The highest BCUT2D eigenvalue weighted by atomic mass is 79.9. The second-order valence-corrected chi connectivity index (χ2v) is 5.97. The summed E-state index contributed by atoms with van der Waals surface area (Å²) in [5.74, 6) is 2.08. The molecule has 100 valence electrons. The Morgan fingerprint density at radius 3 is 2.68 bits per heavy atom. The van der Waals surface area contributed by atoms with E-state index in [-0.39, 0.29) is 5.91 Å². The van der Waals surface area contributed by atoms with E-state index < -0.39 is 0 Å². The van der Waals surface area contributed by atoms with Crippen LogP contribution >= 0.6 is 27.7 Å². The van der Waals surface area contributed by atoms with Crippen LogP contribution in [0.4, 0.5) is 5.69 Å². The zero-order valence-corrected chi connectivity index (χ0v) is 13.2. The molecule has 0 radical (unpaired) electrons. The maximum absolute atomic E-state index is 11.5. The lowest BCUT2D eigenvalue weighted by Crippen LogP contribution is -2.12. The highest BCUT2D eigenvalue weighted by molar-refractivity contribution is 9.09. The van der Waals surface area contributed by atoms with Gasteiger partial charge in [0, 0.05) is 16.8 Å². The molecule has 0 saturated heterocycles. The van der Waals surface area contributed by atoms with Crippen molar-refractivity contribution < 1.29 is 4.79 Å². The first-order valence-electron chi connectivity index (χ1n) is 6.20.